The molecule has 0 spiro atoms. The number of hydrogen-bond acceptors (Lipinski definition) is 4. The van der Waals surface area contributed by atoms with E-state index in [0.29, 0.717) is 17.3 Å². The Hall–Kier alpha value is -2.15. The number of rotatable bonds is 8. The molecule has 1 unspecified atom stereocenters. The number of amides is 1. The summed E-state index contributed by atoms with van der Waals surface area (Å²) in [7, 11) is 2.05. The normalized spacial score (nSPS) is 20.2. The Labute approximate surface area is 202 Å². The predicted octanol–water partition coefficient (Wildman–Crippen LogP) is 4.99. The van der Waals surface area contributed by atoms with Crippen LogP contribution in [0.5, 0.6) is 5.75 Å². The molecule has 2 aromatic carbocycles. The first-order valence-electron chi connectivity index (χ1n) is 11.6. The highest BCUT2D eigenvalue weighted by molar-refractivity contribution is 6.30. The smallest absolute Gasteiger partial charge is 0.260 e. The van der Waals surface area contributed by atoms with E-state index in [-0.39, 0.29) is 36.5 Å². The van der Waals surface area contributed by atoms with Crippen LogP contribution in [0.25, 0.3) is 0 Å². The predicted molar refractivity (Wildman–Crippen MR) is 131 cm³/mol. The summed E-state index contributed by atoms with van der Waals surface area (Å²) in [5.41, 5.74) is 2.05. The van der Waals surface area contributed by atoms with Gasteiger partial charge in [0.25, 0.3) is 5.91 Å². The van der Waals surface area contributed by atoms with Crippen LogP contribution in [0.3, 0.4) is 0 Å². The third-order valence-electron chi connectivity index (χ3n) is 6.67. The van der Waals surface area contributed by atoms with Gasteiger partial charge in [0.05, 0.1) is 0 Å². The van der Waals surface area contributed by atoms with Crippen molar-refractivity contribution in [3.05, 3.63) is 64.4 Å². The van der Waals surface area contributed by atoms with E-state index in [0.717, 1.165) is 30.8 Å². The van der Waals surface area contributed by atoms with Gasteiger partial charge in [0.1, 0.15) is 11.6 Å². The van der Waals surface area contributed by atoms with Gasteiger partial charge in [-0.3, -0.25) is 14.6 Å². The molecule has 5 nitrogen and oxygen atoms in total. The SMILES string of the molecule is CCN(C)C(C)c1cc(Cl)ccc1OCC(=O)N1C[C@H](C)N(Cc2ccc(F)cc2)C[C@H]1C. The van der Waals surface area contributed by atoms with Crippen molar-refractivity contribution in [3.63, 3.8) is 0 Å². The zero-order valence-electron chi connectivity index (χ0n) is 20.2. The second kappa shape index (κ2) is 11.3. The Morgan fingerprint density at radius 3 is 2.55 bits per heavy atom. The van der Waals surface area contributed by atoms with Crippen LogP contribution in [0.1, 0.15) is 44.9 Å². The molecule has 1 amide bonds. The molecule has 33 heavy (non-hydrogen) atoms. The fourth-order valence-corrected chi connectivity index (χ4v) is 4.48. The van der Waals surface area contributed by atoms with Gasteiger partial charge in [0.2, 0.25) is 0 Å². The first kappa shape index (κ1) is 25.5. The maximum atomic E-state index is 13.2. The van der Waals surface area contributed by atoms with E-state index in [2.05, 4.69) is 44.5 Å². The van der Waals surface area contributed by atoms with E-state index in [1.54, 1.807) is 6.07 Å². The van der Waals surface area contributed by atoms with E-state index in [1.165, 1.54) is 12.1 Å². The van der Waals surface area contributed by atoms with E-state index in [1.807, 2.05) is 29.2 Å². The van der Waals surface area contributed by atoms with Gasteiger partial charge in [-0.05, 0) is 70.3 Å². The Morgan fingerprint density at radius 2 is 1.88 bits per heavy atom. The summed E-state index contributed by atoms with van der Waals surface area (Å²) in [6.07, 6.45) is 0. The zero-order valence-corrected chi connectivity index (χ0v) is 21.0. The summed E-state index contributed by atoms with van der Waals surface area (Å²) in [5, 5.41) is 0.653. The maximum absolute atomic E-state index is 13.2. The van der Waals surface area contributed by atoms with Gasteiger partial charge in [-0.15, -0.1) is 0 Å². The Balaban J connectivity index is 1.62. The van der Waals surface area contributed by atoms with Crippen LogP contribution in [-0.4, -0.2) is 66.0 Å². The summed E-state index contributed by atoms with van der Waals surface area (Å²) in [4.78, 5) is 19.5. The fourth-order valence-electron chi connectivity index (χ4n) is 4.30. The van der Waals surface area contributed by atoms with Crippen LogP contribution >= 0.6 is 11.6 Å². The number of ether oxygens (including phenoxy) is 1. The van der Waals surface area contributed by atoms with Crippen molar-refractivity contribution in [1.82, 2.24) is 14.7 Å². The van der Waals surface area contributed by atoms with E-state index in [4.69, 9.17) is 16.3 Å². The van der Waals surface area contributed by atoms with Crippen LogP contribution in [-0.2, 0) is 11.3 Å². The van der Waals surface area contributed by atoms with E-state index >= 15 is 0 Å². The lowest BCUT2D eigenvalue weighted by Gasteiger charge is -2.44. The van der Waals surface area contributed by atoms with Gasteiger partial charge in [0, 0.05) is 48.3 Å². The molecule has 1 aliphatic heterocycles. The van der Waals surface area contributed by atoms with Gasteiger partial charge in [-0.2, -0.15) is 0 Å². The van der Waals surface area contributed by atoms with Gasteiger partial charge < -0.3 is 9.64 Å². The molecule has 0 aromatic heterocycles. The number of piperazine rings is 1. The van der Waals surface area contributed by atoms with Crippen LogP contribution in [0.2, 0.25) is 5.02 Å². The van der Waals surface area contributed by atoms with E-state index in [9.17, 15) is 9.18 Å². The molecular formula is C26H35ClFN3O2. The molecule has 3 atom stereocenters. The lowest BCUT2D eigenvalue weighted by Crippen LogP contribution is -2.58. The summed E-state index contributed by atoms with van der Waals surface area (Å²) in [6, 6.07) is 12.5. The second-order valence-corrected chi connectivity index (χ2v) is 9.46. The van der Waals surface area contributed by atoms with Crippen molar-refractivity contribution in [2.75, 3.05) is 33.3 Å². The minimum atomic E-state index is -0.227. The minimum Gasteiger partial charge on any atom is -0.483 e. The average Bonchev–Trinajstić information content (AvgIpc) is 2.80. The zero-order chi connectivity index (χ0) is 24.1. The highest BCUT2D eigenvalue weighted by Gasteiger charge is 2.32. The summed E-state index contributed by atoms with van der Waals surface area (Å²) < 4.78 is 19.2. The van der Waals surface area contributed by atoms with Crippen LogP contribution < -0.4 is 4.74 Å². The van der Waals surface area contributed by atoms with Crippen LogP contribution in [0.15, 0.2) is 42.5 Å². The van der Waals surface area contributed by atoms with Gasteiger partial charge in [-0.25, -0.2) is 4.39 Å². The van der Waals surface area contributed by atoms with Crippen molar-refractivity contribution >= 4 is 17.5 Å². The third kappa shape index (κ3) is 6.46. The van der Waals surface area contributed by atoms with Crippen LogP contribution in [0.4, 0.5) is 4.39 Å². The highest BCUT2D eigenvalue weighted by atomic mass is 35.5. The summed E-state index contributed by atoms with van der Waals surface area (Å²) in [6.45, 7) is 11.4. The summed E-state index contributed by atoms with van der Waals surface area (Å²) in [5.74, 6) is 0.444. The molecule has 0 radical (unpaired) electrons. The quantitative estimate of drug-likeness (QED) is 0.538. The van der Waals surface area contributed by atoms with Gasteiger partial charge >= 0.3 is 0 Å². The first-order valence-corrected chi connectivity index (χ1v) is 12.0. The topological polar surface area (TPSA) is 36.0 Å². The molecule has 1 saturated heterocycles. The molecule has 2 aromatic rings. The molecule has 1 fully saturated rings. The Bertz CT molecular complexity index is 940. The monoisotopic (exact) mass is 475 g/mol. The number of carbonyl (C=O) groups is 1. The standard InChI is InChI=1S/C26H35ClFN3O2/c1-6-29(5)20(4)24-13-22(27)9-12-25(24)33-17-26(32)31-15-18(2)30(14-19(31)3)16-21-7-10-23(28)11-8-21/h7-13,18-20H,6,14-17H2,1-5H3/t18-,19+,20?/m0/s1. The molecule has 180 valence electrons. The van der Waals surface area contributed by atoms with Crippen molar-refractivity contribution in [2.45, 2.75) is 52.4 Å². The summed E-state index contributed by atoms with van der Waals surface area (Å²) >= 11 is 6.24. The molecule has 0 N–H and O–H groups in total. The first-order chi connectivity index (χ1) is 15.7. The largest absolute Gasteiger partial charge is 0.483 e. The van der Waals surface area contributed by atoms with Gasteiger partial charge in [0.15, 0.2) is 6.61 Å². The molecule has 1 aliphatic rings. The van der Waals surface area contributed by atoms with Crippen molar-refractivity contribution < 1.29 is 13.9 Å². The molecule has 0 aliphatic carbocycles. The maximum Gasteiger partial charge on any atom is 0.260 e. The molecule has 0 bridgehead atoms. The second-order valence-electron chi connectivity index (χ2n) is 9.02. The number of carbonyl (C=O) groups excluding carboxylic acids is 1. The number of halogens is 2. The number of benzene rings is 2. The number of hydrogen-bond donors (Lipinski definition) is 0. The average molecular weight is 476 g/mol. The molecule has 0 saturated carbocycles. The van der Waals surface area contributed by atoms with Gasteiger partial charge in [-0.1, -0.05) is 30.7 Å². The Kier molecular flexibility index (Phi) is 8.74. The molecule has 1 heterocycles. The minimum absolute atomic E-state index is 0.00772. The highest BCUT2D eigenvalue weighted by Crippen LogP contribution is 2.31. The molecule has 7 heteroatoms. The van der Waals surface area contributed by atoms with Crippen molar-refractivity contribution in [2.24, 2.45) is 0 Å². The fraction of sp³-hybridized carbons (Fsp3) is 0.500. The van der Waals surface area contributed by atoms with E-state index < -0.39 is 0 Å². The van der Waals surface area contributed by atoms with Crippen LogP contribution in [0, 0.1) is 5.82 Å². The lowest BCUT2D eigenvalue weighted by molar-refractivity contribution is -0.139. The van der Waals surface area contributed by atoms with Crippen molar-refractivity contribution in [1.29, 1.82) is 0 Å². The molecular weight excluding hydrogens is 441 g/mol. The van der Waals surface area contributed by atoms with Crippen molar-refractivity contribution in [3.8, 4) is 5.75 Å². The molecule has 3 rings (SSSR count). The number of nitrogens with zero attached hydrogens (tertiary/aromatic N) is 3. The third-order valence-corrected chi connectivity index (χ3v) is 6.90. The lowest BCUT2D eigenvalue weighted by atomic mass is 10.1. The Morgan fingerprint density at radius 1 is 1.18 bits per heavy atom.